The number of sulfonamides is 1. The van der Waals surface area contributed by atoms with Crippen molar-refractivity contribution < 1.29 is 17.9 Å². The Kier molecular flexibility index (Phi) is 5.36. The summed E-state index contributed by atoms with van der Waals surface area (Å²) in [6.07, 6.45) is 7.04. The lowest BCUT2D eigenvalue weighted by Gasteiger charge is -2.31. The number of nitrogens with one attached hydrogen (secondary N) is 2. The van der Waals surface area contributed by atoms with E-state index < -0.39 is 15.6 Å². The fourth-order valence-corrected chi connectivity index (χ4v) is 3.62. The van der Waals surface area contributed by atoms with E-state index in [9.17, 15) is 8.42 Å². The minimum Gasteiger partial charge on any atom is -0.483 e. The highest BCUT2D eigenvalue weighted by Gasteiger charge is 2.28. The highest BCUT2D eigenvalue weighted by molar-refractivity contribution is 7.89. The number of rotatable bonds is 6. The molecule has 0 spiro atoms. The van der Waals surface area contributed by atoms with Crippen molar-refractivity contribution in [1.29, 1.82) is 0 Å². The number of hydrogen-bond donors (Lipinski definition) is 2. The number of hydrogen-bond acceptors (Lipinski definition) is 5. The van der Waals surface area contributed by atoms with E-state index in [2.05, 4.69) is 16.2 Å². The molecule has 3 rings (SSSR count). The van der Waals surface area contributed by atoms with E-state index in [-0.39, 0.29) is 11.5 Å². The first-order valence-corrected chi connectivity index (χ1v) is 10.2. The molecule has 0 fully saturated rings. The van der Waals surface area contributed by atoms with Gasteiger partial charge in [0.05, 0.1) is 10.6 Å². The van der Waals surface area contributed by atoms with E-state index in [1.54, 1.807) is 42.5 Å². The highest BCUT2D eigenvalue weighted by atomic mass is 32.2. The van der Waals surface area contributed by atoms with Gasteiger partial charge in [-0.05, 0) is 51.1 Å². The Labute approximate surface area is 165 Å². The van der Waals surface area contributed by atoms with Gasteiger partial charge in [0.25, 0.3) is 10.0 Å². The Morgan fingerprint density at radius 3 is 2.57 bits per heavy atom. The van der Waals surface area contributed by atoms with Gasteiger partial charge in [-0.15, -0.1) is 11.3 Å². The molecule has 7 heteroatoms. The van der Waals surface area contributed by atoms with Gasteiger partial charge >= 0.3 is 0 Å². The zero-order valence-electron chi connectivity index (χ0n) is 15.9. The average Bonchev–Trinajstić information content (AvgIpc) is 2.63. The lowest BCUT2D eigenvalue weighted by molar-refractivity contribution is 0.156. The number of fused-ring (bicyclic) bond motifs is 1. The quantitative estimate of drug-likeness (QED) is 0.578. The van der Waals surface area contributed by atoms with Crippen molar-refractivity contribution in [3.63, 3.8) is 0 Å². The molecule has 0 atom stereocenters. The fourth-order valence-electron chi connectivity index (χ4n) is 2.76. The molecule has 0 aromatic heterocycles. The summed E-state index contributed by atoms with van der Waals surface area (Å²) >= 11 is 0. The molecule has 28 heavy (non-hydrogen) atoms. The van der Waals surface area contributed by atoms with Crippen LogP contribution in [0.25, 0.3) is 5.70 Å². The van der Waals surface area contributed by atoms with Crippen LogP contribution in [0.4, 0.5) is 0 Å². The first-order chi connectivity index (χ1) is 13.2. The van der Waals surface area contributed by atoms with Crippen molar-refractivity contribution in [2.24, 2.45) is 0 Å². The Morgan fingerprint density at radius 1 is 1.18 bits per heavy atom. The van der Waals surface area contributed by atoms with Gasteiger partial charge in [0.15, 0.2) is 0 Å². The van der Waals surface area contributed by atoms with Crippen molar-refractivity contribution in [1.82, 2.24) is 10.3 Å². The zero-order valence-corrected chi connectivity index (χ0v) is 16.8. The van der Waals surface area contributed by atoms with Crippen molar-refractivity contribution in [2.45, 2.75) is 31.3 Å². The molecule has 1 heterocycles. The Hall–Kier alpha value is -2.95. The van der Waals surface area contributed by atoms with Crippen LogP contribution >= 0.6 is 0 Å². The van der Waals surface area contributed by atoms with Crippen molar-refractivity contribution in [2.75, 3.05) is 6.61 Å². The summed E-state index contributed by atoms with van der Waals surface area (Å²) in [5, 5.41) is 0. The molecule has 0 amide bonds. The molecule has 0 unspecified atom stereocenters. The molecule has 1 aliphatic rings. The minimum atomic E-state index is -3.73. The summed E-state index contributed by atoms with van der Waals surface area (Å²) < 4.78 is 36.5. The Balaban J connectivity index is 1.84. The molecular formula is C21H22N2O4S. The van der Waals surface area contributed by atoms with Gasteiger partial charge in [0, 0.05) is 11.6 Å². The molecule has 2 aromatic rings. The van der Waals surface area contributed by atoms with E-state index in [0.717, 1.165) is 5.56 Å². The molecular weight excluding hydrogens is 376 g/mol. The first kappa shape index (κ1) is 19.8. The minimum absolute atomic E-state index is 0.152. The number of benzene rings is 2. The van der Waals surface area contributed by atoms with Crippen LogP contribution in [0.3, 0.4) is 0 Å². The molecule has 0 bridgehead atoms. The maximum atomic E-state index is 12.6. The maximum Gasteiger partial charge on any atom is 0.257 e. The summed E-state index contributed by atoms with van der Waals surface area (Å²) in [7, 11) is -3.73. The second-order valence-electron chi connectivity index (χ2n) is 6.96. The largest absolute Gasteiger partial charge is 0.483 e. The normalized spacial score (nSPS) is 14.9. The third-order valence-corrected chi connectivity index (χ3v) is 5.35. The lowest BCUT2D eigenvalue weighted by Crippen LogP contribution is -2.39. The van der Waals surface area contributed by atoms with Gasteiger partial charge < -0.3 is 14.9 Å². The summed E-state index contributed by atoms with van der Waals surface area (Å²) in [4.78, 5) is 2.61. The maximum absolute atomic E-state index is 12.6. The van der Waals surface area contributed by atoms with Crippen molar-refractivity contribution in [3.8, 4) is 23.8 Å². The Morgan fingerprint density at radius 2 is 1.89 bits per heavy atom. The summed E-state index contributed by atoms with van der Waals surface area (Å²) in [5.74, 6) is 3.56. The predicted octanol–water partition coefficient (Wildman–Crippen LogP) is 3.00. The summed E-state index contributed by atoms with van der Waals surface area (Å²) in [6.45, 7) is 5.80. The molecule has 0 saturated carbocycles. The molecule has 0 aliphatic carbocycles. The monoisotopic (exact) mass is 398 g/mol. The van der Waals surface area contributed by atoms with Crippen LogP contribution < -0.4 is 19.7 Å². The highest BCUT2D eigenvalue weighted by Crippen LogP contribution is 2.37. The van der Waals surface area contributed by atoms with Gasteiger partial charge in [-0.2, -0.15) is 0 Å². The van der Waals surface area contributed by atoms with Gasteiger partial charge in [0.1, 0.15) is 23.7 Å². The third kappa shape index (κ3) is 4.47. The van der Waals surface area contributed by atoms with Crippen molar-refractivity contribution >= 4 is 15.7 Å². The number of terminal acetylenes is 1. The SMILES string of the molecule is C#CCOc1ccc2c(c1)OC(C)(C)C=C2NNS(=O)(=O)c1ccc(C)cc1. The van der Waals surface area contributed by atoms with Crippen LogP contribution in [0.2, 0.25) is 0 Å². The van der Waals surface area contributed by atoms with E-state index in [1.807, 2.05) is 26.8 Å². The lowest BCUT2D eigenvalue weighted by atomic mass is 9.99. The number of ether oxygens (including phenoxy) is 2. The third-order valence-electron chi connectivity index (χ3n) is 4.08. The van der Waals surface area contributed by atoms with Crippen molar-refractivity contribution in [3.05, 3.63) is 59.7 Å². The van der Waals surface area contributed by atoms with Gasteiger partial charge in [-0.1, -0.05) is 23.6 Å². The average molecular weight is 398 g/mol. The molecule has 1 aliphatic heterocycles. The van der Waals surface area contributed by atoms with E-state index in [4.69, 9.17) is 15.9 Å². The molecule has 6 nitrogen and oxygen atoms in total. The van der Waals surface area contributed by atoms with Gasteiger partial charge in [-0.25, -0.2) is 8.42 Å². The van der Waals surface area contributed by atoms with E-state index >= 15 is 0 Å². The molecule has 2 aromatic carbocycles. The topological polar surface area (TPSA) is 76.7 Å². The van der Waals surface area contributed by atoms with Crippen LogP contribution in [-0.2, 0) is 10.0 Å². The molecule has 146 valence electrons. The molecule has 2 N–H and O–H groups in total. The van der Waals surface area contributed by atoms with E-state index in [0.29, 0.717) is 22.8 Å². The van der Waals surface area contributed by atoms with Crippen LogP contribution in [0.15, 0.2) is 53.4 Å². The second kappa shape index (κ2) is 7.58. The van der Waals surface area contributed by atoms with E-state index in [1.165, 1.54) is 0 Å². The van der Waals surface area contributed by atoms with Crippen LogP contribution in [0.1, 0.15) is 25.0 Å². The van der Waals surface area contributed by atoms with Gasteiger partial charge in [-0.3, -0.25) is 0 Å². The van der Waals surface area contributed by atoms with Crippen LogP contribution in [0, 0.1) is 19.3 Å². The Bertz CT molecular complexity index is 1050. The smallest absolute Gasteiger partial charge is 0.257 e. The number of aryl methyl sites for hydroxylation is 1. The summed E-state index contributed by atoms with van der Waals surface area (Å²) in [5.41, 5.74) is 4.46. The molecule has 0 saturated heterocycles. The second-order valence-corrected chi connectivity index (χ2v) is 8.64. The number of hydrazine groups is 1. The predicted molar refractivity (Wildman–Crippen MR) is 108 cm³/mol. The van der Waals surface area contributed by atoms with Crippen LogP contribution in [0.5, 0.6) is 11.5 Å². The fraction of sp³-hybridized carbons (Fsp3) is 0.238. The van der Waals surface area contributed by atoms with Crippen LogP contribution in [-0.4, -0.2) is 20.6 Å². The first-order valence-electron chi connectivity index (χ1n) is 8.67. The zero-order chi connectivity index (χ0) is 20.4. The molecule has 0 radical (unpaired) electrons. The summed E-state index contributed by atoms with van der Waals surface area (Å²) in [6, 6.07) is 11.9. The standard InChI is InChI=1S/C21H22N2O4S/c1-5-12-26-16-8-11-18-19(14-21(3,4)27-20(18)13-16)22-23-28(24,25)17-9-6-15(2)7-10-17/h1,6-11,13-14,22-23H,12H2,2-4H3. The van der Waals surface area contributed by atoms with Gasteiger partial charge in [0.2, 0.25) is 0 Å².